The molecule has 0 spiro atoms. The lowest BCUT2D eigenvalue weighted by Gasteiger charge is -2.03. The molecule has 0 saturated carbocycles. The highest BCUT2D eigenvalue weighted by Crippen LogP contribution is 2.19. The number of halogens is 1. The summed E-state index contributed by atoms with van der Waals surface area (Å²) in [5.41, 5.74) is 0.706. The minimum atomic E-state index is -0.351. The Morgan fingerprint density at radius 2 is 2.29 bits per heavy atom. The van der Waals surface area contributed by atoms with Gasteiger partial charge in [0.05, 0.1) is 17.5 Å². The van der Waals surface area contributed by atoms with Crippen LogP contribution in [-0.2, 0) is 16.1 Å². The van der Waals surface area contributed by atoms with E-state index in [1.54, 1.807) is 29.1 Å². The van der Waals surface area contributed by atoms with Gasteiger partial charge in [0.2, 0.25) is 0 Å². The van der Waals surface area contributed by atoms with Crippen LogP contribution in [0.15, 0.2) is 23.0 Å². The molecule has 2 rings (SSSR count). The van der Waals surface area contributed by atoms with E-state index in [0.29, 0.717) is 22.5 Å². The molecule has 0 radical (unpaired) electrons. The van der Waals surface area contributed by atoms with Crippen molar-refractivity contribution in [3.05, 3.63) is 32.8 Å². The SMILES string of the molecule is CCOC(=O)Cn1sc(=O)c2cc(Cl)ccc21. The molecule has 0 saturated heterocycles. The van der Waals surface area contributed by atoms with Crippen LogP contribution in [0, 0.1) is 0 Å². The van der Waals surface area contributed by atoms with Gasteiger partial charge in [-0.3, -0.25) is 13.5 Å². The third-order valence-electron chi connectivity index (χ3n) is 2.22. The van der Waals surface area contributed by atoms with Gasteiger partial charge in [-0.25, -0.2) is 0 Å². The number of rotatable bonds is 3. The van der Waals surface area contributed by atoms with Crippen LogP contribution in [0.2, 0.25) is 5.02 Å². The summed E-state index contributed by atoms with van der Waals surface area (Å²) in [6, 6.07) is 5.03. The minimum Gasteiger partial charge on any atom is -0.465 e. The van der Waals surface area contributed by atoms with Crippen molar-refractivity contribution in [2.24, 2.45) is 0 Å². The van der Waals surface area contributed by atoms with Gasteiger partial charge in [0.25, 0.3) is 4.74 Å². The van der Waals surface area contributed by atoms with Crippen molar-refractivity contribution in [1.82, 2.24) is 3.96 Å². The zero-order valence-electron chi connectivity index (χ0n) is 9.10. The maximum Gasteiger partial charge on any atom is 0.326 e. The summed E-state index contributed by atoms with van der Waals surface area (Å²) in [4.78, 5) is 23.0. The highest BCUT2D eigenvalue weighted by molar-refractivity contribution is 7.05. The number of nitrogens with zero attached hydrogens (tertiary/aromatic N) is 1. The van der Waals surface area contributed by atoms with E-state index in [4.69, 9.17) is 16.3 Å². The third kappa shape index (κ3) is 2.50. The molecule has 0 unspecified atom stereocenters. The van der Waals surface area contributed by atoms with Crippen LogP contribution in [0.25, 0.3) is 10.9 Å². The Labute approximate surface area is 107 Å². The smallest absolute Gasteiger partial charge is 0.326 e. The van der Waals surface area contributed by atoms with Gasteiger partial charge in [-0.2, -0.15) is 0 Å². The molecule has 0 fully saturated rings. The van der Waals surface area contributed by atoms with E-state index in [2.05, 4.69) is 0 Å². The molecule has 17 heavy (non-hydrogen) atoms. The molecule has 4 nitrogen and oxygen atoms in total. The van der Waals surface area contributed by atoms with E-state index >= 15 is 0 Å². The summed E-state index contributed by atoms with van der Waals surface area (Å²) in [6.45, 7) is 2.13. The van der Waals surface area contributed by atoms with Crippen molar-refractivity contribution in [1.29, 1.82) is 0 Å². The molecule has 0 aliphatic heterocycles. The second-order valence-electron chi connectivity index (χ2n) is 3.38. The Morgan fingerprint density at radius 1 is 1.53 bits per heavy atom. The first kappa shape index (κ1) is 12.1. The molecule has 6 heteroatoms. The van der Waals surface area contributed by atoms with E-state index in [1.165, 1.54) is 0 Å². The largest absolute Gasteiger partial charge is 0.465 e. The maximum atomic E-state index is 11.7. The fraction of sp³-hybridized carbons (Fsp3) is 0.273. The molecule has 1 aromatic heterocycles. The van der Waals surface area contributed by atoms with Crippen LogP contribution in [0.5, 0.6) is 0 Å². The van der Waals surface area contributed by atoms with Crippen molar-refractivity contribution in [2.75, 3.05) is 6.61 Å². The second-order valence-corrected chi connectivity index (χ2v) is 4.81. The number of hydrogen-bond donors (Lipinski definition) is 0. The summed E-state index contributed by atoms with van der Waals surface area (Å²) in [5.74, 6) is -0.351. The second kappa shape index (κ2) is 4.89. The summed E-state index contributed by atoms with van der Waals surface area (Å²) >= 11 is 6.81. The molecule has 90 valence electrons. The number of carbonyl (C=O) groups is 1. The van der Waals surface area contributed by atoms with Gasteiger partial charge >= 0.3 is 5.97 Å². The molecule has 0 amide bonds. The monoisotopic (exact) mass is 271 g/mol. The van der Waals surface area contributed by atoms with E-state index in [0.717, 1.165) is 11.5 Å². The minimum absolute atomic E-state index is 0.0544. The van der Waals surface area contributed by atoms with Gasteiger partial charge in [0.1, 0.15) is 6.54 Å². The van der Waals surface area contributed by atoms with E-state index in [1.807, 2.05) is 0 Å². The summed E-state index contributed by atoms with van der Waals surface area (Å²) in [6.07, 6.45) is 0. The maximum absolute atomic E-state index is 11.7. The van der Waals surface area contributed by atoms with Gasteiger partial charge in [0, 0.05) is 5.02 Å². The highest BCUT2D eigenvalue weighted by Gasteiger charge is 2.11. The molecule has 0 bridgehead atoms. The summed E-state index contributed by atoms with van der Waals surface area (Å²) in [7, 11) is 0. The van der Waals surface area contributed by atoms with Crippen LogP contribution in [0.4, 0.5) is 0 Å². The van der Waals surface area contributed by atoms with Crippen LogP contribution >= 0.6 is 23.1 Å². The molecule has 0 N–H and O–H groups in total. The number of carbonyl (C=O) groups excluding carboxylic acids is 1. The van der Waals surface area contributed by atoms with Crippen LogP contribution < -0.4 is 4.74 Å². The lowest BCUT2D eigenvalue weighted by Crippen LogP contribution is -2.11. The average Bonchev–Trinajstić information content (AvgIpc) is 2.56. The first-order valence-corrected chi connectivity index (χ1v) is 6.22. The quantitative estimate of drug-likeness (QED) is 0.805. The predicted molar refractivity (Wildman–Crippen MR) is 67.7 cm³/mol. The number of fused-ring (bicyclic) bond motifs is 1. The molecule has 2 aromatic rings. The first-order valence-electron chi connectivity index (χ1n) is 5.07. The number of esters is 1. The highest BCUT2D eigenvalue weighted by atomic mass is 35.5. The number of benzene rings is 1. The van der Waals surface area contributed by atoms with Gasteiger partial charge in [-0.1, -0.05) is 11.6 Å². The van der Waals surface area contributed by atoms with Crippen LogP contribution in [0.3, 0.4) is 0 Å². The van der Waals surface area contributed by atoms with Crippen molar-refractivity contribution < 1.29 is 9.53 Å². The Morgan fingerprint density at radius 3 is 3.00 bits per heavy atom. The van der Waals surface area contributed by atoms with Crippen molar-refractivity contribution in [3.8, 4) is 0 Å². The molecule has 0 aliphatic rings. The lowest BCUT2D eigenvalue weighted by molar-refractivity contribution is -0.143. The van der Waals surface area contributed by atoms with E-state index in [-0.39, 0.29) is 17.3 Å². The lowest BCUT2D eigenvalue weighted by atomic mass is 10.2. The van der Waals surface area contributed by atoms with Crippen molar-refractivity contribution in [3.63, 3.8) is 0 Å². The number of hydrogen-bond acceptors (Lipinski definition) is 4. The van der Waals surface area contributed by atoms with Gasteiger partial charge < -0.3 is 4.74 Å². The Bertz CT molecular complexity index is 617. The fourth-order valence-corrected chi connectivity index (χ4v) is 2.59. The van der Waals surface area contributed by atoms with Crippen molar-refractivity contribution >= 4 is 40.0 Å². The molecule has 1 heterocycles. The summed E-state index contributed by atoms with van der Waals surface area (Å²) in [5, 5.41) is 1.04. The normalized spacial score (nSPS) is 10.7. The molecule has 1 aromatic carbocycles. The fourth-order valence-electron chi connectivity index (χ4n) is 1.53. The Hall–Kier alpha value is -1.33. The Kier molecular flexibility index (Phi) is 3.49. The molecular weight excluding hydrogens is 262 g/mol. The van der Waals surface area contributed by atoms with Crippen molar-refractivity contribution in [2.45, 2.75) is 13.5 Å². The van der Waals surface area contributed by atoms with E-state index in [9.17, 15) is 9.59 Å². The molecule has 0 aliphatic carbocycles. The Balaban J connectivity index is 2.42. The van der Waals surface area contributed by atoms with E-state index < -0.39 is 0 Å². The third-order valence-corrected chi connectivity index (χ3v) is 3.39. The van der Waals surface area contributed by atoms with Gasteiger partial charge in [-0.05, 0) is 36.7 Å². The van der Waals surface area contributed by atoms with Gasteiger partial charge in [-0.15, -0.1) is 0 Å². The first-order chi connectivity index (χ1) is 8.11. The number of aromatic nitrogens is 1. The topological polar surface area (TPSA) is 48.3 Å². The van der Waals surface area contributed by atoms with Crippen LogP contribution in [-0.4, -0.2) is 16.5 Å². The average molecular weight is 272 g/mol. The standard InChI is InChI=1S/C11H10ClNO3S/c1-2-16-10(14)6-13-9-4-3-7(12)5-8(9)11(15)17-13/h3-5H,2,6H2,1H3. The zero-order chi connectivity index (χ0) is 12.4. The molecule has 0 atom stereocenters. The predicted octanol–water partition coefficient (Wildman–Crippen LogP) is 2.28. The zero-order valence-corrected chi connectivity index (χ0v) is 10.7. The molecular formula is C11H10ClNO3S. The van der Waals surface area contributed by atoms with Crippen LogP contribution in [0.1, 0.15) is 6.92 Å². The number of ether oxygens (including phenoxy) is 1. The van der Waals surface area contributed by atoms with Gasteiger partial charge in [0.15, 0.2) is 0 Å². The summed E-state index contributed by atoms with van der Waals surface area (Å²) < 4.78 is 6.36.